The number of methoxy groups -OCH3 is 1. The van der Waals surface area contributed by atoms with E-state index < -0.39 is 85.9 Å². The molecule has 0 radical (unpaired) electrons. The van der Waals surface area contributed by atoms with Gasteiger partial charge in [-0.2, -0.15) is 0 Å². The molecular formula is C62H60O14. The second kappa shape index (κ2) is 27.4. The Labute approximate surface area is 442 Å². The molecule has 2 fully saturated rings. The van der Waals surface area contributed by atoms with Crippen LogP contribution in [0.1, 0.15) is 53.3 Å². The fourth-order valence-corrected chi connectivity index (χ4v) is 8.98. The third-order valence-electron chi connectivity index (χ3n) is 12.8. The molecule has 9 rings (SSSR count). The van der Waals surface area contributed by atoms with E-state index in [-0.39, 0.29) is 49.7 Å². The van der Waals surface area contributed by atoms with Gasteiger partial charge in [-0.15, -0.1) is 0 Å². The minimum absolute atomic E-state index is 0.000416. The van der Waals surface area contributed by atoms with E-state index in [2.05, 4.69) is 0 Å². The Morgan fingerprint density at radius 3 is 1.20 bits per heavy atom. The summed E-state index contributed by atoms with van der Waals surface area (Å²) in [6.45, 7) is 0.203. The molecule has 0 N–H and O–H groups in total. The van der Waals surface area contributed by atoms with Gasteiger partial charge in [-0.3, -0.25) is 0 Å². The van der Waals surface area contributed by atoms with Crippen molar-refractivity contribution in [3.05, 3.63) is 251 Å². The number of ether oxygens (including phenoxy) is 11. The van der Waals surface area contributed by atoms with E-state index in [1.165, 1.54) is 7.11 Å². The van der Waals surface area contributed by atoms with Crippen LogP contribution in [0.15, 0.2) is 212 Å². The van der Waals surface area contributed by atoms with Crippen LogP contribution in [-0.4, -0.2) is 99.6 Å². The molecule has 2 aliphatic rings. The van der Waals surface area contributed by atoms with E-state index in [1.54, 1.807) is 91.0 Å². The molecule has 14 nitrogen and oxygen atoms in total. The van der Waals surface area contributed by atoms with Gasteiger partial charge in [0.25, 0.3) is 0 Å². The summed E-state index contributed by atoms with van der Waals surface area (Å²) in [5, 5.41) is 0. The number of hydrogen-bond acceptors (Lipinski definition) is 14. The number of rotatable bonds is 23. The van der Waals surface area contributed by atoms with Crippen LogP contribution in [0.5, 0.6) is 0 Å². The van der Waals surface area contributed by atoms with E-state index in [4.69, 9.17) is 52.1 Å². The zero-order valence-electron chi connectivity index (χ0n) is 41.9. The molecule has 2 aliphatic heterocycles. The van der Waals surface area contributed by atoms with Crippen LogP contribution in [0.3, 0.4) is 0 Å². The fraction of sp³-hybridized carbons (Fsp3) is 0.274. The SMILES string of the molecule is CO[C@H]1O[C@H](COC(=O)c2ccccc2)[C@H](O[C@H]2O[C@H](COCc3ccccc3)[C@H](OCc3ccccc3)[C@H](OCc3ccccc3)[C@H]2OCc2ccccc2)[C@H](OC(=O)c2ccccc2)[C@H]1OC(=O)c1ccccc1. The quantitative estimate of drug-likeness (QED) is 0.0441. The first-order valence-electron chi connectivity index (χ1n) is 25.2. The molecule has 2 heterocycles. The van der Waals surface area contributed by atoms with Crippen LogP contribution in [0.25, 0.3) is 0 Å². The minimum Gasteiger partial charge on any atom is -0.459 e. The van der Waals surface area contributed by atoms with E-state index in [1.807, 2.05) is 121 Å². The van der Waals surface area contributed by atoms with Crippen molar-refractivity contribution in [3.63, 3.8) is 0 Å². The van der Waals surface area contributed by atoms with Crippen LogP contribution in [0, 0.1) is 0 Å². The summed E-state index contributed by atoms with van der Waals surface area (Å²) in [5.74, 6) is -2.19. The van der Waals surface area contributed by atoms with Crippen molar-refractivity contribution in [1.29, 1.82) is 0 Å². The maximum absolute atomic E-state index is 14.4. The number of carbonyl (C=O) groups excluding carboxylic acids is 3. The highest BCUT2D eigenvalue weighted by Gasteiger charge is 2.56. The summed E-state index contributed by atoms with van der Waals surface area (Å²) in [5.41, 5.74) is 4.27. The van der Waals surface area contributed by atoms with Crippen molar-refractivity contribution in [2.45, 2.75) is 87.8 Å². The number of esters is 3. The van der Waals surface area contributed by atoms with E-state index in [9.17, 15) is 14.4 Å². The van der Waals surface area contributed by atoms with E-state index in [0.717, 1.165) is 22.3 Å². The lowest BCUT2D eigenvalue weighted by molar-refractivity contribution is -0.367. The third kappa shape index (κ3) is 14.5. The average Bonchev–Trinajstić information content (AvgIpc) is 3.48. The molecular weight excluding hydrogens is 969 g/mol. The lowest BCUT2D eigenvalue weighted by atomic mass is 9.95. The van der Waals surface area contributed by atoms with Gasteiger partial charge in [-0.25, -0.2) is 14.4 Å². The Hall–Kier alpha value is -7.37. The highest BCUT2D eigenvalue weighted by molar-refractivity contribution is 5.90. The van der Waals surface area contributed by atoms with Crippen LogP contribution in [-0.2, 0) is 78.5 Å². The normalized spacial score (nSPS) is 23.2. The summed E-state index contributed by atoms with van der Waals surface area (Å²) >= 11 is 0. The average molecular weight is 1030 g/mol. The standard InChI is InChI=1S/C62H60O14/c1-66-61-57(75-60(65)49-35-21-8-22-36-49)55(74-59(64)48-33-19-7-20-34-48)53(51(72-61)42-71-58(63)47-31-17-6-18-32-47)76-62-56(70-40-46-29-15-5-16-30-46)54(69-39-45-27-13-4-14-28-45)52(68-38-44-25-11-3-12-26-44)50(73-62)41-67-37-43-23-9-2-10-24-43/h2-36,50-57,61-62H,37-42H2,1H3/t50-,51-,52+,53+,54+,55+,56-,57-,61+,62-/m1/s1. The first kappa shape index (κ1) is 53.5. The smallest absolute Gasteiger partial charge is 0.338 e. The molecule has 2 saturated heterocycles. The Morgan fingerprint density at radius 2 is 0.737 bits per heavy atom. The first-order chi connectivity index (χ1) is 37.4. The summed E-state index contributed by atoms with van der Waals surface area (Å²) < 4.78 is 72.9. The van der Waals surface area contributed by atoms with Gasteiger partial charge in [0.15, 0.2) is 24.8 Å². The monoisotopic (exact) mass is 1030 g/mol. The third-order valence-corrected chi connectivity index (χ3v) is 12.8. The van der Waals surface area contributed by atoms with Crippen molar-refractivity contribution in [2.24, 2.45) is 0 Å². The van der Waals surface area contributed by atoms with Gasteiger partial charge >= 0.3 is 17.9 Å². The van der Waals surface area contributed by atoms with Crippen LogP contribution >= 0.6 is 0 Å². The second-order valence-electron chi connectivity index (χ2n) is 18.1. The summed E-state index contributed by atoms with van der Waals surface area (Å²) in [6, 6.07) is 64.0. The van der Waals surface area contributed by atoms with Gasteiger partial charge in [0.2, 0.25) is 0 Å². The number of benzene rings is 7. The van der Waals surface area contributed by atoms with Crippen molar-refractivity contribution in [1.82, 2.24) is 0 Å². The van der Waals surface area contributed by atoms with E-state index in [0.29, 0.717) is 0 Å². The van der Waals surface area contributed by atoms with Gasteiger partial charge < -0.3 is 52.1 Å². The molecule has 0 amide bonds. The molecule has 0 bridgehead atoms. The van der Waals surface area contributed by atoms with Crippen LogP contribution in [0.2, 0.25) is 0 Å². The Morgan fingerprint density at radius 1 is 0.368 bits per heavy atom. The van der Waals surface area contributed by atoms with Gasteiger partial charge in [-0.1, -0.05) is 176 Å². The van der Waals surface area contributed by atoms with Crippen molar-refractivity contribution < 1.29 is 66.5 Å². The lowest BCUT2D eigenvalue weighted by Crippen LogP contribution is -2.67. The molecule has 14 heteroatoms. The zero-order chi connectivity index (χ0) is 52.3. The van der Waals surface area contributed by atoms with Crippen LogP contribution in [0.4, 0.5) is 0 Å². The summed E-state index contributed by atoms with van der Waals surface area (Å²) in [6.07, 6.45) is -12.2. The molecule has 392 valence electrons. The molecule has 0 saturated carbocycles. The summed E-state index contributed by atoms with van der Waals surface area (Å²) in [7, 11) is 1.36. The molecule has 0 spiro atoms. The van der Waals surface area contributed by atoms with Crippen molar-refractivity contribution in [2.75, 3.05) is 20.3 Å². The molecule has 0 aliphatic carbocycles. The second-order valence-corrected chi connectivity index (χ2v) is 18.1. The van der Waals surface area contributed by atoms with Crippen molar-refractivity contribution >= 4 is 17.9 Å². The van der Waals surface area contributed by atoms with Crippen molar-refractivity contribution in [3.8, 4) is 0 Å². The minimum atomic E-state index is -1.51. The van der Waals surface area contributed by atoms with Gasteiger partial charge in [0.05, 0.1) is 49.7 Å². The summed E-state index contributed by atoms with van der Waals surface area (Å²) in [4.78, 5) is 42.2. The topological polar surface area (TPSA) is 153 Å². The van der Waals surface area contributed by atoms with Gasteiger partial charge in [0.1, 0.15) is 43.2 Å². The van der Waals surface area contributed by atoms with Crippen LogP contribution < -0.4 is 0 Å². The lowest BCUT2D eigenvalue weighted by Gasteiger charge is -2.49. The Bertz CT molecular complexity index is 2830. The molecule has 76 heavy (non-hydrogen) atoms. The predicted octanol–water partition coefficient (Wildman–Crippen LogP) is 9.75. The predicted molar refractivity (Wildman–Crippen MR) is 278 cm³/mol. The number of hydrogen-bond donors (Lipinski definition) is 0. The molecule has 7 aromatic rings. The maximum Gasteiger partial charge on any atom is 0.338 e. The Balaban J connectivity index is 1.14. The first-order valence-corrected chi connectivity index (χ1v) is 25.2. The fourth-order valence-electron chi connectivity index (χ4n) is 8.98. The highest BCUT2D eigenvalue weighted by Crippen LogP contribution is 2.37. The molecule has 0 unspecified atom stereocenters. The highest BCUT2D eigenvalue weighted by atomic mass is 16.8. The van der Waals surface area contributed by atoms with Gasteiger partial charge in [0, 0.05) is 7.11 Å². The molecule has 0 aromatic heterocycles. The van der Waals surface area contributed by atoms with Gasteiger partial charge in [-0.05, 0) is 58.7 Å². The largest absolute Gasteiger partial charge is 0.459 e. The molecule has 10 atom stereocenters. The van der Waals surface area contributed by atoms with E-state index >= 15 is 0 Å². The number of carbonyl (C=O) groups is 3. The maximum atomic E-state index is 14.4. The zero-order valence-corrected chi connectivity index (χ0v) is 41.9. The Kier molecular flexibility index (Phi) is 19.3. The molecule has 7 aromatic carbocycles.